The first-order valence-corrected chi connectivity index (χ1v) is 2.96. The van der Waals surface area contributed by atoms with E-state index in [-0.39, 0.29) is 0 Å². The van der Waals surface area contributed by atoms with Crippen molar-refractivity contribution in [3.05, 3.63) is 0 Å². The fourth-order valence-electron chi connectivity index (χ4n) is 0.793. The number of rotatable bonds is 0. The summed E-state index contributed by atoms with van der Waals surface area (Å²) in [4.78, 5) is 0. The molecule has 0 aromatic heterocycles. The lowest BCUT2D eigenvalue weighted by Crippen LogP contribution is -2.58. The van der Waals surface area contributed by atoms with Crippen LogP contribution in [-0.4, -0.2) is 24.7 Å². The second-order valence-corrected chi connectivity index (χ2v) is 2.30. The van der Waals surface area contributed by atoms with Crippen molar-refractivity contribution in [1.29, 1.82) is 0 Å². The van der Waals surface area contributed by atoms with Crippen molar-refractivity contribution in [3.8, 4) is 0 Å². The van der Waals surface area contributed by atoms with E-state index in [1.165, 1.54) is 0 Å². The van der Waals surface area contributed by atoms with E-state index in [4.69, 9.17) is 0 Å². The van der Waals surface area contributed by atoms with Crippen LogP contribution < -0.4 is 5.32 Å². The standard InChI is InChI=1S/C5H5F5N/c6-3-1-2-11-5(9,10)4(3,7)8/h3H,1-2H2. The molecule has 6 heteroatoms. The fraction of sp³-hybridized carbons (Fsp3) is 1.00. The Bertz CT molecular complexity index is 157. The van der Waals surface area contributed by atoms with Crippen LogP contribution in [0.3, 0.4) is 0 Å². The fourth-order valence-corrected chi connectivity index (χ4v) is 0.793. The van der Waals surface area contributed by atoms with Gasteiger partial charge in [-0.05, 0) is 6.42 Å². The number of halogens is 5. The summed E-state index contributed by atoms with van der Waals surface area (Å²) in [5, 5.41) is 2.34. The summed E-state index contributed by atoms with van der Waals surface area (Å²) in [6, 6.07) is -4.54. The van der Waals surface area contributed by atoms with Crippen LogP contribution in [-0.2, 0) is 0 Å². The van der Waals surface area contributed by atoms with Gasteiger partial charge in [-0.15, -0.1) is 0 Å². The zero-order valence-electron chi connectivity index (χ0n) is 5.33. The van der Waals surface area contributed by atoms with Gasteiger partial charge in [-0.25, -0.2) is 4.39 Å². The Hall–Kier alpha value is -0.390. The quantitative estimate of drug-likeness (QED) is 0.391. The number of hydrogen-bond donors (Lipinski definition) is 0. The van der Waals surface area contributed by atoms with Crippen molar-refractivity contribution in [2.24, 2.45) is 0 Å². The Kier molecular flexibility index (Phi) is 1.82. The van der Waals surface area contributed by atoms with Gasteiger partial charge >= 0.3 is 12.0 Å². The van der Waals surface area contributed by atoms with Gasteiger partial charge in [0.15, 0.2) is 6.17 Å². The van der Waals surface area contributed by atoms with E-state index in [1.54, 1.807) is 0 Å². The van der Waals surface area contributed by atoms with Crippen molar-refractivity contribution in [3.63, 3.8) is 0 Å². The van der Waals surface area contributed by atoms with Crippen LogP contribution in [0.4, 0.5) is 22.0 Å². The van der Waals surface area contributed by atoms with Crippen molar-refractivity contribution < 1.29 is 22.0 Å². The zero-order valence-corrected chi connectivity index (χ0v) is 5.33. The molecular weight excluding hydrogens is 169 g/mol. The van der Waals surface area contributed by atoms with Crippen LogP contribution in [0.25, 0.3) is 0 Å². The Balaban J connectivity index is 2.82. The molecule has 1 aliphatic heterocycles. The Morgan fingerprint density at radius 1 is 1.18 bits per heavy atom. The largest absolute Gasteiger partial charge is 0.383 e. The lowest BCUT2D eigenvalue weighted by atomic mass is 10.1. The molecule has 0 saturated carbocycles. The maximum atomic E-state index is 12.2. The third-order valence-electron chi connectivity index (χ3n) is 1.49. The summed E-state index contributed by atoms with van der Waals surface area (Å²) in [6.07, 6.45) is -3.42. The Morgan fingerprint density at radius 2 is 1.73 bits per heavy atom. The van der Waals surface area contributed by atoms with E-state index in [0.717, 1.165) is 0 Å². The Morgan fingerprint density at radius 3 is 2.09 bits per heavy atom. The molecule has 0 spiro atoms. The highest BCUT2D eigenvalue weighted by atomic mass is 19.3. The average molecular weight is 174 g/mol. The van der Waals surface area contributed by atoms with Crippen LogP contribution in [0.15, 0.2) is 0 Å². The first kappa shape index (κ1) is 8.70. The molecular formula is C5H5F5N. The van der Waals surface area contributed by atoms with Crippen molar-refractivity contribution in [2.45, 2.75) is 24.6 Å². The summed E-state index contributed by atoms with van der Waals surface area (Å²) in [6.45, 7) is -0.552. The van der Waals surface area contributed by atoms with E-state index in [9.17, 15) is 22.0 Å². The van der Waals surface area contributed by atoms with Gasteiger partial charge in [0.05, 0.1) is 0 Å². The van der Waals surface area contributed by atoms with Gasteiger partial charge in [0.2, 0.25) is 0 Å². The van der Waals surface area contributed by atoms with Crippen LogP contribution in [0.5, 0.6) is 0 Å². The van der Waals surface area contributed by atoms with Gasteiger partial charge in [-0.3, -0.25) is 0 Å². The second kappa shape index (κ2) is 2.30. The first-order chi connectivity index (χ1) is 4.88. The minimum absolute atomic E-state index is 0.552. The average Bonchev–Trinajstić information content (AvgIpc) is 1.84. The van der Waals surface area contributed by atoms with Gasteiger partial charge in [-0.1, -0.05) is 0 Å². The highest BCUT2D eigenvalue weighted by Crippen LogP contribution is 2.41. The number of nitrogens with zero attached hydrogens (tertiary/aromatic N) is 1. The summed E-state index contributed by atoms with van der Waals surface area (Å²) < 4.78 is 60.6. The molecule has 1 unspecified atom stereocenters. The van der Waals surface area contributed by atoms with E-state index in [0.29, 0.717) is 0 Å². The summed E-state index contributed by atoms with van der Waals surface area (Å²) in [5.74, 6) is -4.63. The minimum atomic E-state index is -4.63. The molecule has 1 heterocycles. The number of alkyl halides is 5. The molecule has 11 heavy (non-hydrogen) atoms. The SMILES string of the molecule is FC1CC[N]C(F)(F)C1(F)F. The van der Waals surface area contributed by atoms with Gasteiger partial charge in [0.1, 0.15) is 0 Å². The van der Waals surface area contributed by atoms with E-state index in [2.05, 4.69) is 5.32 Å². The molecule has 1 nitrogen and oxygen atoms in total. The minimum Gasteiger partial charge on any atom is -0.240 e. The molecule has 1 rings (SSSR count). The predicted molar refractivity (Wildman–Crippen MR) is 26.4 cm³/mol. The zero-order chi connectivity index (χ0) is 8.70. The summed E-state index contributed by atoms with van der Waals surface area (Å²) >= 11 is 0. The molecule has 1 saturated heterocycles. The number of piperidine rings is 1. The summed E-state index contributed by atoms with van der Waals surface area (Å²) in [7, 11) is 0. The van der Waals surface area contributed by atoms with Crippen molar-refractivity contribution in [1.82, 2.24) is 5.32 Å². The van der Waals surface area contributed by atoms with Gasteiger partial charge in [0, 0.05) is 6.54 Å². The van der Waals surface area contributed by atoms with E-state index >= 15 is 0 Å². The molecule has 1 atom stereocenters. The monoisotopic (exact) mass is 174 g/mol. The summed E-state index contributed by atoms with van der Waals surface area (Å²) in [5.41, 5.74) is 0. The smallest absolute Gasteiger partial charge is 0.240 e. The third-order valence-corrected chi connectivity index (χ3v) is 1.49. The van der Waals surface area contributed by atoms with Crippen LogP contribution in [0, 0.1) is 0 Å². The van der Waals surface area contributed by atoms with Crippen molar-refractivity contribution in [2.75, 3.05) is 6.54 Å². The third kappa shape index (κ3) is 1.19. The van der Waals surface area contributed by atoms with Crippen LogP contribution in [0.1, 0.15) is 6.42 Å². The lowest BCUT2D eigenvalue weighted by Gasteiger charge is -2.32. The maximum Gasteiger partial charge on any atom is 0.383 e. The first-order valence-electron chi connectivity index (χ1n) is 2.96. The molecule has 0 amide bonds. The van der Waals surface area contributed by atoms with Crippen molar-refractivity contribution >= 4 is 0 Å². The molecule has 65 valence electrons. The highest BCUT2D eigenvalue weighted by molar-refractivity contribution is 4.93. The molecule has 0 bridgehead atoms. The van der Waals surface area contributed by atoms with Crippen LogP contribution in [0.2, 0.25) is 0 Å². The van der Waals surface area contributed by atoms with Crippen LogP contribution >= 0.6 is 0 Å². The van der Waals surface area contributed by atoms with Gasteiger partial charge < -0.3 is 0 Å². The normalized spacial score (nSPS) is 35.2. The molecule has 0 aromatic rings. The molecule has 1 radical (unpaired) electrons. The predicted octanol–water partition coefficient (Wildman–Crippen LogP) is 1.56. The molecule has 0 aromatic carbocycles. The second-order valence-electron chi connectivity index (χ2n) is 2.30. The molecule has 1 fully saturated rings. The number of hydrogen-bond acceptors (Lipinski definition) is 0. The molecule has 0 aliphatic carbocycles. The lowest BCUT2D eigenvalue weighted by molar-refractivity contribution is -0.270. The van der Waals surface area contributed by atoms with Gasteiger partial charge in [-0.2, -0.15) is 22.9 Å². The topological polar surface area (TPSA) is 14.1 Å². The highest BCUT2D eigenvalue weighted by Gasteiger charge is 2.64. The van der Waals surface area contributed by atoms with Gasteiger partial charge in [0.25, 0.3) is 0 Å². The molecule has 0 N–H and O–H groups in total. The van der Waals surface area contributed by atoms with E-state index in [1.807, 2.05) is 0 Å². The maximum absolute atomic E-state index is 12.2. The Labute approximate surface area is 59.6 Å². The molecule has 1 aliphatic rings. The van der Waals surface area contributed by atoms with E-state index < -0.39 is 31.1 Å².